The Balaban J connectivity index is 0.00000312. The van der Waals surface area contributed by atoms with E-state index < -0.39 is 6.10 Å². The molecule has 0 radical (unpaired) electrons. The lowest BCUT2D eigenvalue weighted by molar-refractivity contribution is -0.123. The Kier molecular flexibility index (Phi) is 8.68. The van der Waals surface area contributed by atoms with Gasteiger partial charge in [0.25, 0.3) is 5.91 Å². The number of hydrogen-bond acceptors (Lipinski definition) is 5. The summed E-state index contributed by atoms with van der Waals surface area (Å²) < 4.78 is 10.6. The van der Waals surface area contributed by atoms with Crippen molar-refractivity contribution in [3.05, 3.63) is 23.8 Å². The van der Waals surface area contributed by atoms with E-state index in [-0.39, 0.29) is 36.8 Å². The van der Waals surface area contributed by atoms with Crippen molar-refractivity contribution in [1.29, 1.82) is 0 Å². The topological polar surface area (TPSA) is 88.7 Å². The number of fused-ring (bicyclic) bond motifs is 1. The minimum absolute atomic E-state index is 0. The van der Waals surface area contributed by atoms with Crippen LogP contribution in [0, 0.1) is 0 Å². The van der Waals surface area contributed by atoms with E-state index in [1.807, 2.05) is 26.0 Å². The first-order chi connectivity index (χ1) is 11.5. The standard InChI is InChI=1S/C17H25N3O4.ClH/c1-4-14-17(22)20-13-6-5-12(9-15(13)24-14)11(2)19-16(21)10-18-7-8-23-3;/h5-6,9,11,14,18H,4,7-8,10H2,1-3H3,(H,19,21)(H,20,22);1H. The molecule has 1 aliphatic heterocycles. The van der Waals surface area contributed by atoms with Crippen LogP contribution in [0.5, 0.6) is 5.75 Å². The maximum absolute atomic E-state index is 11.9. The molecule has 2 unspecified atom stereocenters. The zero-order chi connectivity index (χ0) is 17.5. The molecule has 1 aromatic rings. The van der Waals surface area contributed by atoms with Crippen LogP contribution in [-0.2, 0) is 14.3 Å². The van der Waals surface area contributed by atoms with Crippen molar-refractivity contribution >= 4 is 29.9 Å². The summed E-state index contributed by atoms with van der Waals surface area (Å²) in [6.45, 7) is 5.24. The van der Waals surface area contributed by atoms with Crippen LogP contribution < -0.4 is 20.7 Å². The number of carbonyl (C=O) groups is 2. The van der Waals surface area contributed by atoms with Crippen LogP contribution in [-0.4, -0.2) is 44.7 Å². The smallest absolute Gasteiger partial charge is 0.265 e. The van der Waals surface area contributed by atoms with Crippen LogP contribution in [0.2, 0.25) is 0 Å². The van der Waals surface area contributed by atoms with Gasteiger partial charge in [-0.2, -0.15) is 0 Å². The van der Waals surface area contributed by atoms with E-state index in [9.17, 15) is 9.59 Å². The third-order valence-corrected chi connectivity index (χ3v) is 3.84. The van der Waals surface area contributed by atoms with E-state index in [1.54, 1.807) is 13.2 Å². The molecule has 140 valence electrons. The van der Waals surface area contributed by atoms with Gasteiger partial charge in [0, 0.05) is 13.7 Å². The first kappa shape index (κ1) is 21.2. The maximum Gasteiger partial charge on any atom is 0.265 e. The van der Waals surface area contributed by atoms with Crippen LogP contribution in [0.15, 0.2) is 18.2 Å². The lowest BCUT2D eigenvalue weighted by Crippen LogP contribution is -2.37. The third-order valence-electron chi connectivity index (χ3n) is 3.84. The van der Waals surface area contributed by atoms with Crippen molar-refractivity contribution in [2.45, 2.75) is 32.4 Å². The Labute approximate surface area is 154 Å². The van der Waals surface area contributed by atoms with Crippen molar-refractivity contribution in [2.24, 2.45) is 0 Å². The Morgan fingerprint density at radius 1 is 1.44 bits per heavy atom. The number of carbonyl (C=O) groups excluding carboxylic acids is 2. The normalized spacial score (nSPS) is 16.8. The number of hydrogen-bond donors (Lipinski definition) is 3. The predicted octanol–water partition coefficient (Wildman–Crippen LogP) is 1.63. The molecule has 1 aromatic carbocycles. The summed E-state index contributed by atoms with van der Waals surface area (Å²) in [6, 6.07) is 5.38. The van der Waals surface area contributed by atoms with Gasteiger partial charge >= 0.3 is 0 Å². The fraction of sp³-hybridized carbons (Fsp3) is 0.529. The summed E-state index contributed by atoms with van der Waals surface area (Å²) in [7, 11) is 1.62. The molecule has 2 rings (SSSR count). The second kappa shape index (κ2) is 10.2. The number of amides is 2. The van der Waals surface area contributed by atoms with Crippen LogP contribution in [0.1, 0.15) is 31.9 Å². The number of halogens is 1. The number of rotatable bonds is 8. The van der Waals surface area contributed by atoms with Crippen molar-refractivity contribution in [2.75, 3.05) is 32.1 Å². The van der Waals surface area contributed by atoms with Gasteiger partial charge in [0.15, 0.2) is 6.10 Å². The number of anilines is 1. The summed E-state index contributed by atoms with van der Waals surface area (Å²) >= 11 is 0. The van der Waals surface area contributed by atoms with Gasteiger partial charge in [-0.1, -0.05) is 13.0 Å². The molecule has 0 aliphatic carbocycles. The highest BCUT2D eigenvalue weighted by atomic mass is 35.5. The van der Waals surface area contributed by atoms with Gasteiger partial charge in [-0.05, 0) is 31.0 Å². The predicted molar refractivity (Wildman–Crippen MR) is 98.3 cm³/mol. The van der Waals surface area contributed by atoms with Crippen LogP contribution >= 0.6 is 12.4 Å². The molecule has 1 heterocycles. The van der Waals surface area contributed by atoms with Crippen molar-refractivity contribution in [3.63, 3.8) is 0 Å². The summed E-state index contributed by atoms with van der Waals surface area (Å²) in [4.78, 5) is 23.7. The molecule has 0 saturated carbocycles. The molecular formula is C17H26ClN3O4. The molecule has 7 nitrogen and oxygen atoms in total. The molecule has 8 heteroatoms. The SMILES string of the molecule is CCC1Oc2cc(C(C)NC(=O)CNCCOC)ccc2NC1=O.Cl. The third kappa shape index (κ3) is 5.88. The molecule has 3 N–H and O–H groups in total. The Hall–Kier alpha value is -1.83. The average molecular weight is 372 g/mol. The highest BCUT2D eigenvalue weighted by molar-refractivity contribution is 5.97. The molecular weight excluding hydrogens is 346 g/mol. The second-order valence-corrected chi connectivity index (χ2v) is 5.72. The van der Waals surface area contributed by atoms with Gasteiger partial charge in [0.2, 0.25) is 5.91 Å². The summed E-state index contributed by atoms with van der Waals surface area (Å²) in [5.41, 5.74) is 1.58. The van der Waals surface area contributed by atoms with E-state index in [0.717, 1.165) is 5.56 Å². The van der Waals surface area contributed by atoms with Gasteiger partial charge in [0.1, 0.15) is 5.75 Å². The number of methoxy groups -OCH3 is 1. The van der Waals surface area contributed by atoms with Gasteiger partial charge in [-0.25, -0.2) is 0 Å². The summed E-state index contributed by atoms with van der Waals surface area (Å²) in [5.74, 6) is 0.427. The first-order valence-corrected chi connectivity index (χ1v) is 8.15. The van der Waals surface area contributed by atoms with Gasteiger partial charge < -0.3 is 25.4 Å². The van der Waals surface area contributed by atoms with Gasteiger partial charge in [0.05, 0.1) is 24.9 Å². The summed E-state index contributed by atoms with van der Waals surface area (Å²) in [5, 5.41) is 8.77. The van der Waals surface area contributed by atoms with Gasteiger partial charge in [-0.3, -0.25) is 9.59 Å². The highest BCUT2D eigenvalue weighted by Crippen LogP contribution is 2.32. The summed E-state index contributed by atoms with van der Waals surface area (Å²) in [6.07, 6.45) is 0.136. The van der Waals surface area contributed by atoms with E-state index in [2.05, 4.69) is 16.0 Å². The van der Waals surface area contributed by atoms with Crippen LogP contribution in [0.25, 0.3) is 0 Å². The monoisotopic (exact) mass is 371 g/mol. The lowest BCUT2D eigenvalue weighted by atomic mass is 10.1. The van der Waals surface area contributed by atoms with E-state index in [4.69, 9.17) is 9.47 Å². The quantitative estimate of drug-likeness (QED) is 0.604. The van der Waals surface area contributed by atoms with Crippen molar-refractivity contribution in [1.82, 2.24) is 10.6 Å². The molecule has 0 aromatic heterocycles. The maximum atomic E-state index is 11.9. The lowest BCUT2D eigenvalue weighted by Gasteiger charge is -2.26. The van der Waals surface area contributed by atoms with E-state index in [0.29, 0.717) is 31.0 Å². The number of ether oxygens (including phenoxy) is 2. The first-order valence-electron chi connectivity index (χ1n) is 8.15. The Bertz CT molecular complexity index is 597. The zero-order valence-electron chi connectivity index (χ0n) is 14.8. The Morgan fingerprint density at radius 2 is 2.20 bits per heavy atom. The van der Waals surface area contributed by atoms with Crippen molar-refractivity contribution < 1.29 is 19.1 Å². The minimum Gasteiger partial charge on any atom is -0.478 e. The fourth-order valence-electron chi connectivity index (χ4n) is 2.45. The fourth-order valence-corrected chi connectivity index (χ4v) is 2.45. The zero-order valence-corrected chi connectivity index (χ0v) is 15.6. The van der Waals surface area contributed by atoms with Crippen molar-refractivity contribution in [3.8, 4) is 5.75 Å². The molecule has 2 atom stereocenters. The molecule has 0 saturated heterocycles. The molecule has 0 spiro atoms. The molecule has 2 amide bonds. The molecule has 0 fully saturated rings. The highest BCUT2D eigenvalue weighted by Gasteiger charge is 2.26. The van der Waals surface area contributed by atoms with Gasteiger partial charge in [-0.15, -0.1) is 12.4 Å². The minimum atomic E-state index is -0.470. The van der Waals surface area contributed by atoms with E-state index >= 15 is 0 Å². The molecule has 1 aliphatic rings. The Morgan fingerprint density at radius 3 is 2.88 bits per heavy atom. The van der Waals surface area contributed by atoms with Crippen LogP contribution in [0.4, 0.5) is 5.69 Å². The second-order valence-electron chi connectivity index (χ2n) is 5.72. The molecule has 0 bridgehead atoms. The number of nitrogens with one attached hydrogen (secondary N) is 3. The van der Waals surface area contributed by atoms with E-state index in [1.165, 1.54) is 0 Å². The number of benzene rings is 1. The van der Waals surface area contributed by atoms with Crippen LogP contribution in [0.3, 0.4) is 0 Å². The average Bonchev–Trinajstić information content (AvgIpc) is 2.57. The molecule has 25 heavy (non-hydrogen) atoms. The largest absolute Gasteiger partial charge is 0.478 e.